The summed E-state index contributed by atoms with van der Waals surface area (Å²) in [4.78, 5) is 0.872. The van der Waals surface area contributed by atoms with Crippen molar-refractivity contribution in [2.24, 2.45) is 0 Å². The van der Waals surface area contributed by atoms with E-state index in [1.807, 2.05) is 0 Å². The smallest absolute Gasteiger partial charge is 0.171 e. The van der Waals surface area contributed by atoms with Crippen LogP contribution in [0.15, 0.2) is 22.6 Å². The molecule has 11 heavy (non-hydrogen) atoms. The van der Waals surface area contributed by atoms with Crippen molar-refractivity contribution in [3.63, 3.8) is 0 Å². The first-order valence-electron chi connectivity index (χ1n) is 3.23. The van der Waals surface area contributed by atoms with E-state index in [9.17, 15) is 0 Å². The van der Waals surface area contributed by atoms with Gasteiger partial charge in [0.25, 0.3) is 0 Å². The van der Waals surface area contributed by atoms with Gasteiger partial charge in [-0.25, -0.2) is 0 Å². The summed E-state index contributed by atoms with van der Waals surface area (Å²) in [6.07, 6.45) is 1.74. The maximum atomic E-state index is 8.68. The Bertz CT molecular complexity index is 196. The molecule has 0 fully saturated rings. The average molecular weight is 174 g/mol. The molecule has 1 rings (SSSR count). The lowest BCUT2D eigenvalue weighted by Gasteiger charge is -1.94. The van der Waals surface area contributed by atoms with E-state index in [-0.39, 0.29) is 6.61 Å². The van der Waals surface area contributed by atoms with Crippen LogP contribution in [0.4, 0.5) is 0 Å². The fourth-order valence-electron chi connectivity index (χ4n) is 0.845. The summed E-state index contributed by atoms with van der Waals surface area (Å²) in [5.74, 6) is 0.716. The van der Waals surface area contributed by atoms with Crippen LogP contribution >= 0.6 is 11.8 Å². The van der Waals surface area contributed by atoms with E-state index >= 15 is 0 Å². The zero-order valence-corrected chi connectivity index (χ0v) is 6.71. The summed E-state index contributed by atoms with van der Waals surface area (Å²) < 4.78 is 0. The van der Waals surface area contributed by atoms with Crippen molar-refractivity contribution in [2.75, 3.05) is 12.4 Å². The maximum Gasteiger partial charge on any atom is 0.171 e. The Balaban J connectivity index is 2.58. The summed E-state index contributed by atoms with van der Waals surface area (Å²) >= 11 is 1.51. The first kappa shape index (κ1) is 8.80. The Hall–Kier alpha value is -0.290. The number of aliphatic hydroxyl groups excluding tert-OH is 2. The third kappa shape index (κ3) is 2.67. The Kier molecular flexibility index (Phi) is 3.14. The van der Waals surface area contributed by atoms with Crippen LogP contribution in [0, 0.1) is 0 Å². The summed E-state index contributed by atoms with van der Waals surface area (Å²) in [6.45, 7) is 0.0313. The van der Waals surface area contributed by atoms with Crippen molar-refractivity contribution in [3.05, 3.63) is 22.6 Å². The highest BCUT2D eigenvalue weighted by molar-refractivity contribution is 8.03. The van der Waals surface area contributed by atoms with E-state index in [0.717, 1.165) is 10.5 Å². The summed E-state index contributed by atoms with van der Waals surface area (Å²) in [6, 6.07) is 0. The van der Waals surface area contributed by atoms with Crippen LogP contribution in [0.5, 0.6) is 0 Å². The molecule has 0 saturated carbocycles. The molecule has 1 aliphatic rings. The molecule has 1 aliphatic heterocycles. The third-order valence-electron chi connectivity index (χ3n) is 1.29. The molecular weight excluding hydrogens is 164 g/mol. The van der Waals surface area contributed by atoms with Crippen molar-refractivity contribution in [3.8, 4) is 0 Å². The van der Waals surface area contributed by atoms with E-state index in [2.05, 4.69) is 0 Å². The molecule has 0 aromatic rings. The van der Waals surface area contributed by atoms with Crippen molar-refractivity contribution >= 4 is 11.8 Å². The Morgan fingerprint density at radius 1 is 1.64 bits per heavy atom. The van der Waals surface area contributed by atoms with Crippen LogP contribution in [-0.4, -0.2) is 34.0 Å². The molecule has 3 nitrogen and oxygen atoms in total. The standard InChI is InChI=1S/C7H10O3S/c8-3-6-1-5(4-11-6)2-7(9)10/h1-2,7-10H,3-4H2. The fourth-order valence-corrected chi connectivity index (χ4v) is 1.70. The number of rotatable bonds is 2. The molecule has 0 aromatic heterocycles. The SMILES string of the molecule is OCC1=CC(=CC(O)O)CS1. The lowest BCUT2D eigenvalue weighted by atomic mass is 10.2. The molecule has 0 bridgehead atoms. The number of aliphatic hydroxyl groups is 3. The molecule has 0 atom stereocenters. The van der Waals surface area contributed by atoms with Crippen LogP contribution in [0.2, 0.25) is 0 Å². The highest BCUT2D eigenvalue weighted by Crippen LogP contribution is 2.27. The normalized spacial score (nSPS) is 21.5. The summed E-state index contributed by atoms with van der Waals surface area (Å²) in [5.41, 5.74) is 0.856. The van der Waals surface area contributed by atoms with Crippen molar-refractivity contribution in [1.29, 1.82) is 0 Å². The van der Waals surface area contributed by atoms with Gasteiger partial charge in [-0.2, -0.15) is 0 Å². The van der Waals surface area contributed by atoms with Crippen LogP contribution in [-0.2, 0) is 0 Å². The van der Waals surface area contributed by atoms with Crippen molar-refractivity contribution in [1.82, 2.24) is 0 Å². The highest BCUT2D eigenvalue weighted by Gasteiger charge is 2.09. The third-order valence-corrected chi connectivity index (χ3v) is 2.39. The molecule has 0 amide bonds. The molecule has 3 N–H and O–H groups in total. The van der Waals surface area contributed by atoms with Crippen LogP contribution in [0.1, 0.15) is 0 Å². The van der Waals surface area contributed by atoms with Gasteiger partial charge in [0.1, 0.15) is 0 Å². The predicted molar refractivity (Wildman–Crippen MR) is 43.9 cm³/mol. The Morgan fingerprint density at radius 3 is 2.82 bits per heavy atom. The number of thioether (sulfide) groups is 1. The molecule has 62 valence electrons. The molecule has 0 aromatic carbocycles. The Labute approximate surface area is 69.0 Å². The zero-order valence-electron chi connectivity index (χ0n) is 5.90. The molecule has 0 radical (unpaired) electrons. The second kappa shape index (κ2) is 3.92. The van der Waals surface area contributed by atoms with E-state index in [1.54, 1.807) is 6.08 Å². The molecule has 4 heteroatoms. The minimum atomic E-state index is -1.39. The van der Waals surface area contributed by atoms with Gasteiger partial charge < -0.3 is 15.3 Å². The fraction of sp³-hybridized carbons (Fsp3) is 0.429. The van der Waals surface area contributed by atoms with Crippen molar-refractivity contribution < 1.29 is 15.3 Å². The number of hydrogen-bond acceptors (Lipinski definition) is 4. The zero-order chi connectivity index (χ0) is 8.27. The minimum absolute atomic E-state index is 0.0313. The summed E-state index contributed by atoms with van der Waals surface area (Å²) in [7, 11) is 0. The second-order valence-electron chi connectivity index (χ2n) is 2.21. The van der Waals surface area contributed by atoms with E-state index in [0.29, 0.717) is 5.75 Å². The van der Waals surface area contributed by atoms with Gasteiger partial charge in [-0.3, -0.25) is 0 Å². The number of allylic oxidation sites excluding steroid dienone is 1. The van der Waals surface area contributed by atoms with E-state index < -0.39 is 6.29 Å². The van der Waals surface area contributed by atoms with E-state index in [4.69, 9.17) is 15.3 Å². The number of hydrogen-bond donors (Lipinski definition) is 3. The lowest BCUT2D eigenvalue weighted by molar-refractivity contribution is 0.00195. The van der Waals surface area contributed by atoms with Gasteiger partial charge in [0.05, 0.1) is 6.61 Å². The molecule has 0 saturated heterocycles. The van der Waals surface area contributed by atoms with Crippen LogP contribution in [0.25, 0.3) is 0 Å². The monoisotopic (exact) mass is 174 g/mol. The first-order chi connectivity index (χ1) is 5.22. The Morgan fingerprint density at radius 2 is 2.36 bits per heavy atom. The summed E-state index contributed by atoms with van der Waals surface area (Å²) in [5, 5.41) is 25.8. The molecule has 0 spiro atoms. The average Bonchev–Trinajstić information content (AvgIpc) is 2.34. The van der Waals surface area contributed by atoms with Gasteiger partial charge in [0, 0.05) is 10.7 Å². The van der Waals surface area contributed by atoms with E-state index in [1.165, 1.54) is 17.8 Å². The van der Waals surface area contributed by atoms with Gasteiger partial charge in [-0.15, -0.1) is 11.8 Å². The van der Waals surface area contributed by atoms with Gasteiger partial charge in [-0.05, 0) is 17.7 Å². The quantitative estimate of drug-likeness (QED) is 0.509. The molecule has 0 unspecified atom stereocenters. The van der Waals surface area contributed by atoms with Crippen LogP contribution < -0.4 is 0 Å². The highest BCUT2D eigenvalue weighted by atomic mass is 32.2. The maximum absolute atomic E-state index is 8.68. The van der Waals surface area contributed by atoms with Gasteiger partial charge in [0.15, 0.2) is 6.29 Å². The topological polar surface area (TPSA) is 60.7 Å². The van der Waals surface area contributed by atoms with Gasteiger partial charge in [-0.1, -0.05) is 0 Å². The minimum Gasteiger partial charge on any atom is -0.391 e. The predicted octanol–water partition coefficient (Wildman–Crippen LogP) is -0.154. The van der Waals surface area contributed by atoms with Crippen LogP contribution in [0.3, 0.4) is 0 Å². The lowest BCUT2D eigenvalue weighted by Crippen LogP contribution is -1.99. The molecule has 0 aliphatic carbocycles. The first-order valence-corrected chi connectivity index (χ1v) is 4.22. The molecular formula is C7H10O3S. The second-order valence-corrected chi connectivity index (χ2v) is 3.31. The van der Waals surface area contributed by atoms with Crippen molar-refractivity contribution in [2.45, 2.75) is 6.29 Å². The van der Waals surface area contributed by atoms with Gasteiger partial charge >= 0.3 is 0 Å². The molecule has 1 heterocycles. The van der Waals surface area contributed by atoms with Gasteiger partial charge in [0.2, 0.25) is 0 Å². The largest absolute Gasteiger partial charge is 0.391 e.